The van der Waals surface area contributed by atoms with Gasteiger partial charge >= 0.3 is 0 Å². The standard InChI is InChI=1S/C13H18ClNO/c1-10(2)12-6-4-3-5-11(12)9-15-13(16)7-8-14/h3-6,10H,7-9H2,1-2H3,(H,15,16). The number of hydrogen-bond acceptors (Lipinski definition) is 1. The van der Waals surface area contributed by atoms with Crippen LogP contribution in [0.2, 0.25) is 0 Å². The average molecular weight is 240 g/mol. The molecule has 1 amide bonds. The van der Waals surface area contributed by atoms with Gasteiger partial charge in [0, 0.05) is 18.8 Å². The number of hydrogen-bond donors (Lipinski definition) is 1. The molecule has 0 unspecified atom stereocenters. The van der Waals surface area contributed by atoms with Crippen molar-refractivity contribution in [2.75, 3.05) is 5.88 Å². The van der Waals surface area contributed by atoms with E-state index in [4.69, 9.17) is 11.6 Å². The lowest BCUT2D eigenvalue weighted by molar-refractivity contribution is -0.120. The molecule has 0 radical (unpaired) electrons. The number of rotatable bonds is 5. The van der Waals surface area contributed by atoms with Gasteiger partial charge in [-0.3, -0.25) is 4.79 Å². The van der Waals surface area contributed by atoms with E-state index in [1.54, 1.807) is 0 Å². The highest BCUT2D eigenvalue weighted by Gasteiger charge is 2.06. The van der Waals surface area contributed by atoms with Crippen LogP contribution in [0.15, 0.2) is 24.3 Å². The van der Waals surface area contributed by atoms with E-state index in [0.29, 0.717) is 24.8 Å². The van der Waals surface area contributed by atoms with Gasteiger partial charge in [-0.2, -0.15) is 0 Å². The first-order valence-electron chi connectivity index (χ1n) is 5.55. The van der Waals surface area contributed by atoms with Crippen LogP contribution in [0, 0.1) is 0 Å². The molecule has 16 heavy (non-hydrogen) atoms. The molecule has 0 heterocycles. The molecular weight excluding hydrogens is 222 g/mol. The molecule has 3 heteroatoms. The van der Waals surface area contributed by atoms with Gasteiger partial charge < -0.3 is 5.32 Å². The summed E-state index contributed by atoms with van der Waals surface area (Å²) >= 11 is 5.50. The molecule has 0 saturated heterocycles. The van der Waals surface area contributed by atoms with Crippen LogP contribution < -0.4 is 5.32 Å². The second-order valence-corrected chi connectivity index (χ2v) is 4.45. The zero-order chi connectivity index (χ0) is 12.0. The highest BCUT2D eigenvalue weighted by Crippen LogP contribution is 2.18. The van der Waals surface area contributed by atoms with Gasteiger partial charge in [0.05, 0.1) is 0 Å². The molecule has 0 bridgehead atoms. The van der Waals surface area contributed by atoms with Crippen molar-refractivity contribution in [1.29, 1.82) is 0 Å². The fourth-order valence-corrected chi connectivity index (χ4v) is 1.80. The van der Waals surface area contributed by atoms with Gasteiger partial charge in [0.25, 0.3) is 0 Å². The Hall–Kier alpha value is -1.02. The van der Waals surface area contributed by atoms with Gasteiger partial charge in [-0.1, -0.05) is 38.1 Å². The maximum absolute atomic E-state index is 11.3. The zero-order valence-corrected chi connectivity index (χ0v) is 10.6. The summed E-state index contributed by atoms with van der Waals surface area (Å²) in [6, 6.07) is 8.18. The molecule has 1 aromatic rings. The first-order chi connectivity index (χ1) is 7.65. The molecule has 0 aliphatic heterocycles. The van der Waals surface area contributed by atoms with Crippen molar-refractivity contribution in [3.05, 3.63) is 35.4 Å². The lowest BCUT2D eigenvalue weighted by Crippen LogP contribution is -2.23. The number of benzene rings is 1. The molecule has 0 aromatic heterocycles. The lowest BCUT2D eigenvalue weighted by Gasteiger charge is -2.13. The number of carbonyl (C=O) groups is 1. The maximum atomic E-state index is 11.3. The summed E-state index contributed by atoms with van der Waals surface area (Å²) in [4.78, 5) is 11.3. The highest BCUT2D eigenvalue weighted by atomic mass is 35.5. The summed E-state index contributed by atoms with van der Waals surface area (Å²) in [5.74, 6) is 0.854. The maximum Gasteiger partial charge on any atom is 0.221 e. The Kier molecular flexibility index (Phi) is 5.33. The minimum Gasteiger partial charge on any atom is -0.352 e. The minimum absolute atomic E-state index is 0.00793. The van der Waals surface area contributed by atoms with Crippen molar-refractivity contribution in [1.82, 2.24) is 5.32 Å². The predicted octanol–water partition coefficient (Wildman–Crippen LogP) is 3.06. The molecule has 1 N–H and O–H groups in total. The van der Waals surface area contributed by atoms with E-state index in [1.165, 1.54) is 11.1 Å². The lowest BCUT2D eigenvalue weighted by atomic mass is 9.97. The minimum atomic E-state index is 0.00793. The Labute approximate surface area is 102 Å². The van der Waals surface area contributed by atoms with E-state index in [2.05, 4.69) is 31.3 Å². The fourth-order valence-electron chi connectivity index (χ4n) is 1.63. The van der Waals surface area contributed by atoms with Gasteiger partial charge in [0.15, 0.2) is 0 Å². The third-order valence-electron chi connectivity index (χ3n) is 2.47. The largest absolute Gasteiger partial charge is 0.352 e. The summed E-state index contributed by atoms with van der Waals surface area (Å²) < 4.78 is 0. The van der Waals surface area contributed by atoms with Crippen LogP contribution in [-0.2, 0) is 11.3 Å². The number of alkyl halides is 1. The van der Waals surface area contributed by atoms with E-state index in [0.717, 1.165) is 0 Å². The van der Waals surface area contributed by atoms with Crippen LogP contribution in [0.1, 0.15) is 37.3 Å². The molecule has 1 rings (SSSR count). The van der Waals surface area contributed by atoms with E-state index in [9.17, 15) is 4.79 Å². The third-order valence-corrected chi connectivity index (χ3v) is 2.66. The predicted molar refractivity (Wildman–Crippen MR) is 67.7 cm³/mol. The molecule has 0 atom stereocenters. The van der Waals surface area contributed by atoms with E-state index in [-0.39, 0.29) is 5.91 Å². The third kappa shape index (κ3) is 3.86. The van der Waals surface area contributed by atoms with Crippen molar-refractivity contribution in [2.45, 2.75) is 32.7 Å². The first-order valence-corrected chi connectivity index (χ1v) is 6.09. The van der Waals surface area contributed by atoms with Gasteiger partial charge in [-0.15, -0.1) is 11.6 Å². The monoisotopic (exact) mass is 239 g/mol. The molecule has 0 aliphatic rings. The second-order valence-electron chi connectivity index (χ2n) is 4.07. The van der Waals surface area contributed by atoms with Crippen molar-refractivity contribution < 1.29 is 4.79 Å². The quantitative estimate of drug-likeness (QED) is 0.787. The number of carbonyl (C=O) groups excluding carboxylic acids is 1. The fraction of sp³-hybridized carbons (Fsp3) is 0.462. The molecule has 0 spiro atoms. The smallest absolute Gasteiger partial charge is 0.221 e. The molecule has 88 valence electrons. The highest BCUT2D eigenvalue weighted by molar-refractivity contribution is 6.18. The summed E-state index contributed by atoms with van der Waals surface area (Å²) in [6.45, 7) is 4.89. The first kappa shape index (κ1) is 13.0. The van der Waals surface area contributed by atoms with Gasteiger partial charge in [0.2, 0.25) is 5.91 Å². The van der Waals surface area contributed by atoms with Gasteiger partial charge in [0.1, 0.15) is 0 Å². The van der Waals surface area contributed by atoms with Crippen LogP contribution in [-0.4, -0.2) is 11.8 Å². The van der Waals surface area contributed by atoms with Crippen molar-refractivity contribution in [3.8, 4) is 0 Å². The molecule has 2 nitrogen and oxygen atoms in total. The van der Waals surface area contributed by atoms with Crippen LogP contribution in [0.3, 0.4) is 0 Å². The number of amides is 1. The molecule has 0 aliphatic carbocycles. The summed E-state index contributed by atoms with van der Waals surface area (Å²) in [5, 5.41) is 2.87. The van der Waals surface area contributed by atoms with Crippen molar-refractivity contribution in [3.63, 3.8) is 0 Å². The Morgan fingerprint density at radius 3 is 2.69 bits per heavy atom. The van der Waals surface area contributed by atoms with Crippen molar-refractivity contribution in [2.24, 2.45) is 0 Å². The van der Waals surface area contributed by atoms with Crippen LogP contribution >= 0.6 is 11.6 Å². The van der Waals surface area contributed by atoms with E-state index in [1.807, 2.05) is 12.1 Å². The topological polar surface area (TPSA) is 29.1 Å². The summed E-state index contributed by atoms with van der Waals surface area (Å²) in [6.07, 6.45) is 0.380. The van der Waals surface area contributed by atoms with Crippen LogP contribution in [0.4, 0.5) is 0 Å². The molecule has 0 saturated carbocycles. The van der Waals surface area contributed by atoms with Crippen LogP contribution in [0.25, 0.3) is 0 Å². The van der Waals surface area contributed by atoms with E-state index >= 15 is 0 Å². The van der Waals surface area contributed by atoms with Crippen LogP contribution in [0.5, 0.6) is 0 Å². The number of halogens is 1. The molecular formula is C13H18ClNO. The van der Waals surface area contributed by atoms with Gasteiger partial charge in [-0.25, -0.2) is 0 Å². The number of nitrogens with one attached hydrogen (secondary N) is 1. The summed E-state index contributed by atoms with van der Waals surface area (Å²) in [5.41, 5.74) is 2.47. The molecule has 0 fully saturated rings. The zero-order valence-electron chi connectivity index (χ0n) is 9.79. The Morgan fingerprint density at radius 2 is 2.06 bits per heavy atom. The molecule has 1 aromatic carbocycles. The summed E-state index contributed by atoms with van der Waals surface area (Å²) in [7, 11) is 0. The normalized spacial score (nSPS) is 10.5. The van der Waals surface area contributed by atoms with Gasteiger partial charge in [-0.05, 0) is 17.0 Å². The Balaban J connectivity index is 2.63. The van der Waals surface area contributed by atoms with E-state index < -0.39 is 0 Å². The SMILES string of the molecule is CC(C)c1ccccc1CNC(=O)CCCl. The Bertz CT molecular complexity index is 350. The Morgan fingerprint density at radius 1 is 1.38 bits per heavy atom. The second kappa shape index (κ2) is 6.54. The van der Waals surface area contributed by atoms with Crippen molar-refractivity contribution >= 4 is 17.5 Å². The average Bonchev–Trinajstić information content (AvgIpc) is 2.27.